The first kappa shape index (κ1) is 14.7. The highest BCUT2D eigenvalue weighted by molar-refractivity contribution is 7.92. The van der Waals surface area contributed by atoms with E-state index in [4.69, 9.17) is 16.3 Å². The van der Waals surface area contributed by atoms with Gasteiger partial charge < -0.3 is 10.1 Å². The lowest BCUT2D eigenvalue weighted by Crippen LogP contribution is -2.26. The summed E-state index contributed by atoms with van der Waals surface area (Å²) in [5.41, 5.74) is 0.523. The molecule has 8 heteroatoms. The molecule has 1 amide bonds. The molecule has 1 heterocycles. The first-order chi connectivity index (χ1) is 10.5. The van der Waals surface area contributed by atoms with Crippen molar-refractivity contribution >= 4 is 38.9 Å². The summed E-state index contributed by atoms with van der Waals surface area (Å²) in [5, 5.41) is 2.91. The van der Waals surface area contributed by atoms with Crippen LogP contribution in [0.15, 0.2) is 47.4 Å². The second-order valence-corrected chi connectivity index (χ2v) is 6.70. The number of amides is 1. The van der Waals surface area contributed by atoms with Gasteiger partial charge in [0.05, 0.1) is 10.6 Å². The number of sulfonamides is 1. The van der Waals surface area contributed by atoms with Crippen LogP contribution in [-0.4, -0.2) is 20.9 Å². The lowest BCUT2D eigenvalue weighted by atomic mass is 10.2. The molecule has 2 N–H and O–H groups in total. The van der Waals surface area contributed by atoms with Crippen LogP contribution < -0.4 is 14.8 Å². The van der Waals surface area contributed by atoms with Gasteiger partial charge in [0.1, 0.15) is 11.4 Å². The quantitative estimate of drug-likeness (QED) is 0.900. The van der Waals surface area contributed by atoms with E-state index in [2.05, 4.69) is 10.0 Å². The molecule has 2 aromatic carbocycles. The van der Waals surface area contributed by atoms with Crippen molar-refractivity contribution in [1.29, 1.82) is 0 Å². The van der Waals surface area contributed by atoms with Crippen molar-refractivity contribution in [3.8, 4) is 5.75 Å². The Morgan fingerprint density at radius 1 is 1.18 bits per heavy atom. The van der Waals surface area contributed by atoms with Crippen molar-refractivity contribution in [2.24, 2.45) is 0 Å². The monoisotopic (exact) mass is 338 g/mol. The standard InChI is InChI=1S/C14H11ClN2O4S/c15-9-3-1-4-10(7-9)22(19,20)17-11-5-2-6-12-14(11)16-13(18)8-21-12/h1-7,17H,8H2,(H,16,18). The molecule has 0 spiro atoms. The summed E-state index contributed by atoms with van der Waals surface area (Å²) in [4.78, 5) is 11.5. The first-order valence-corrected chi connectivity index (χ1v) is 8.16. The van der Waals surface area contributed by atoms with E-state index in [1.807, 2.05) is 0 Å². The van der Waals surface area contributed by atoms with Crippen LogP contribution in [0.2, 0.25) is 5.02 Å². The summed E-state index contributed by atoms with van der Waals surface area (Å²) < 4.78 is 32.5. The van der Waals surface area contributed by atoms with E-state index in [-0.39, 0.29) is 23.1 Å². The number of fused-ring (bicyclic) bond motifs is 1. The molecule has 22 heavy (non-hydrogen) atoms. The fourth-order valence-corrected chi connectivity index (χ4v) is 3.39. The smallest absolute Gasteiger partial charge is 0.262 e. The maximum atomic E-state index is 12.4. The number of hydrogen-bond acceptors (Lipinski definition) is 4. The maximum Gasteiger partial charge on any atom is 0.262 e. The molecule has 0 saturated heterocycles. The fraction of sp³-hybridized carbons (Fsp3) is 0.0714. The van der Waals surface area contributed by atoms with Crippen molar-refractivity contribution in [2.75, 3.05) is 16.6 Å². The molecule has 6 nitrogen and oxygen atoms in total. The van der Waals surface area contributed by atoms with E-state index >= 15 is 0 Å². The second-order valence-electron chi connectivity index (χ2n) is 4.58. The Bertz CT molecular complexity index is 852. The third-order valence-corrected chi connectivity index (χ3v) is 4.60. The van der Waals surface area contributed by atoms with Crippen molar-refractivity contribution in [1.82, 2.24) is 0 Å². The van der Waals surface area contributed by atoms with Crippen LogP contribution >= 0.6 is 11.6 Å². The summed E-state index contributed by atoms with van der Waals surface area (Å²) in [6.07, 6.45) is 0. The highest BCUT2D eigenvalue weighted by atomic mass is 35.5. The number of benzene rings is 2. The predicted molar refractivity (Wildman–Crippen MR) is 82.8 cm³/mol. The maximum absolute atomic E-state index is 12.4. The SMILES string of the molecule is O=C1COc2cccc(NS(=O)(=O)c3cccc(Cl)c3)c2N1. The molecule has 0 aromatic heterocycles. The summed E-state index contributed by atoms with van der Waals surface area (Å²) in [6.45, 7) is -0.0997. The van der Waals surface area contributed by atoms with Gasteiger partial charge in [0, 0.05) is 5.02 Å². The molecule has 0 atom stereocenters. The molecule has 0 fully saturated rings. The van der Waals surface area contributed by atoms with Gasteiger partial charge in [-0.3, -0.25) is 9.52 Å². The molecule has 0 bridgehead atoms. The average molecular weight is 339 g/mol. The molecule has 0 radical (unpaired) electrons. The Balaban J connectivity index is 1.98. The van der Waals surface area contributed by atoms with E-state index in [0.29, 0.717) is 16.5 Å². The molecule has 0 aliphatic carbocycles. The Morgan fingerprint density at radius 2 is 1.95 bits per heavy atom. The zero-order valence-corrected chi connectivity index (χ0v) is 12.7. The number of carbonyl (C=O) groups is 1. The van der Waals surface area contributed by atoms with Gasteiger partial charge in [-0.25, -0.2) is 8.42 Å². The van der Waals surface area contributed by atoms with E-state index in [9.17, 15) is 13.2 Å². The number of ether oxygens (including phenoxy) is 1. The highest BCUT2D eigenvalue weighted by Gasteiger charge is 2.22. The highest BCUT2D eigenvalue weighted by Crippen LogP contribution is 2.36. The molecule has 114 valence electrons. The summed E-state index contributed by atoms with van der Waals surface area (Å²) >= 11 is 5.82. The minimum Gasteiger partial charge on any atom is -0.481 e. The van der Waals surface area contributed by atoms with E-state index in [0.717, 1.165) is 0 Å². The van der Waals surface area contributed by atoms with Crippen molar-refractivity contribution in [2.45, 2.75) is 4.90 Å². The number of carbonyl (C=O) groups excluding carboxylic acids is 1. The average Bonchev–Trinajstić information content (AvgIpc) is 2.48. The lowest BCUT2D eigenvalue weighted by Gasteiger charge is -2.21. The Morgan fingerprint density at radius 3 is 2.73 bits per heavy atom. The zero-order valence-electron chi connectivity index (χ0n) is 11.2. The summed E-state index contributed by atoms with van der Waals surface area (Å²) in [7, 11) is -3.83. The number of anilines is 2. The number of hydrogen-bond donors (Lipinski definition) is 2. The minimum absolute atomic E-state index is 0.0284. The molecule has 3 rings (SSSR count). The first-order valence-electron chi connectivity index (χ1n) is 6.30. The number of halogens is 1. The van der Waals surface area contributed by atoms with Gasteiger partial charge in [-0.1, -0.05) is 23.7 Å². The molecule has 0 unspecified atom stereocenters. The van der Waals surface area contributed by atoms with Gasteiger partial charge >= 0.3 is 0 Å². The van der Waals surface area contributed by atoms with Crippen LogP contribution in [-0.2, 0) is 14.8 Å². The predicted octanol–water partition coefficient (Wildman–Crippen LogP) is 2.47. The van der Waals surface area contributed by atoms with E-state index in [1.165, 1.54) is 18.2 Å². The van der Waals surface area contributed by atoms with Crippen molar-refractivity contribution in [3.05, 3.63) is 47.5 Å². The Labute approximate surface area is 132 Å². The molecular formula is C14H11ClN2O4S. The zero-order chi connectivity index (χ0) is 15.7. The summed E-state index contributed by atoms with van der Waals surface area (Å²) in [5.74, 6) is 0.0628. The van der Waals surface area contributed by atoms with Gasteiger partial charge in [0.2, 0.25) is 0 Å². The number of para-hydroxylation sites is 1. The van der Waals surface area contributed by atoms with Gasteiger partial charge in [-0.2, -0.15) is 0 Å². The Hall–Kier alpha value is -2.25. The molecule has 1 aliphatic rings. The third kappa shape index (κ3) is 2.86. The third-order valence-electron chi connectivity index (χ3n) is 3.00. The molecular weight excluding hydrogens is 328 g/mol. The second kappa shape index (κ2) is 5.51. The largest absolute Gasteiger partial charge is 0.481 e. The van der Waals surface area contributed by atoms with Crippen LogP contribution in [0.1, 0.15) is 0 Å². The van der Waals surface area contributed by atoms with Gasteiger partial charge in [0.25, 0.3) is 15.9 Å². The van der Waals surface area contributed by atoms with Gasteiger partial charge in [-0.15, -0.1) is 0 Å². The van der Waals surface area contributed by atoms with Gasteiger partial charge in [0.15, 0.2) is 6.61 Å². The Kier molecular flexibility index (Phi) is 3.67. The van der Waals surface area contributed by atoms with E-state index < -0.39 is 10.0 Å². The minimum atomic E-state index is -3.83. The normalized spacial score (nSPS) is 13.8. The number of nitrogens with one attached hydrogen (secondary N) is 2. The fourth-order valence-electron chi connectivity index (χ4n) is 2.02. The summed E-state index contributed by atoms with van der Waals surface area (Å²) in [6, 6.07) is 10.7. The topological polar surface area (TPSA) is 84.5 Å². The van der Waals surface area contributed by atoms with Crippen LogP contribution in [0.5, 0.6) is 5.75 Å². The van der Waals surface area contributed by atoms with Crippen LogP contribution in [0, 0.1) is 0 Å². The van der Waals surface area contributed by atoms with Crippen LogP contribution in [0.3, 0.4) is 0 Å². The van der Waals surface area contributed by atoms with E-state index in [1.54, 1.807) is 24.3 Å². The van der Waals surface area contributed by atoms with Crippen LogP contribution in [0.25, 0.3) is 0 Å². The lowest BCUT2D eigenvalue weighted by molar-refractivity contribution is -0.118. The molecule has 0 saturated carbocycles. The molecule has 2 aromatic rings. The van der Waals surface area contributed by atoms with Crippen LogP contribution in [0.4, 0.5) is 11.4 Å². The number of rotatable bonds is 3. The molecule has 1 aliphatic heterocycles. The van der Waals surface area contributed by atoms with Gasteiger partial charge in [-0.05, 0) is 30.3 Å². The van der Waals surface area contributed by atoms with Crippen molar-refractivity contribution in [3.63, 3.8) is 0 Å². The van der Waals surface area contributed by atoms with Crippen molar-refractivity contribution < 1.29 is 17.9 Å².